The van der Waals surface area contributed by atoms with E-state index in [2.05, 4.69) is 20.9 Å². The minimum atomic E-state index is -0.336. The van der Waals surface area contributed by atoms with Gasteiger partial charge in [0.1, 0.15) is 12.1 Å². The third-order valence-corrected chi connectivity index (χ3v) is 6.35. The number of benzene rings is 2. The van der Waals surface area contributed by atoms with Crippen LogP contribution in [0.25, 0.3) is 0 Å². The molecule has 0 aliphatic carbocycles. The highest BCUT2D eigenvalue weighted by molar-refractivity contribution is 5.78. The highest BCUT2D eigenvalue weighted by atomic mass is 16.6. The normalized spacial score (nSPS) is 15.8. The average Bonchev–Trinajstić information content (AvgIpc) is 2.88. The van der Waals surface area contributed by atoms with E-state index in [0.717, 1.165) is 43.1 Å². The molecule has 3 aromatic rings. The molecule has 2 aliphatic heterocycles. The maximum Gasteiger partial charge on any atom is 0.353 e. The Morgan fingerprint density at radius 3 is 2.33 bits per heavy atom. The van der Waals surface area contributed by atoms with Crippen molar-refractivity contribution in [2.45, 2.75) is 12.8 Å². The van der Waals surface area contributed by atoms with Crippen molar-refractivity contribution >= 4 is 28.7 Å². The zero-order valence-corrected chi connectivity index (χ0v) is 18.6. The van der Waals surface area contributed by atoms with Gasteiger partial charge in [-0.15, -0.1) is 0 Å². The summed E-state index contributed by atoms with van der Waals surface area (Å²) in [6, 6.07) is 16.0. The second kappa shape index (κ2) is 8.93. The molecule has 9 nitrogen and oxygen atoms in total. The Labute approximate surface area is 192 Å². The standard InChI is InChI=1S/C24H26N6O3/c1-33-20-10-8-19(9-11-20)27-13-15-28(16-14-27)23-22(30(31)32)24(26-17-25-23)29-12-4-6-18-5-2-3-7-21(18)29/h2-3,5,7-11,17H,4,6,12-16H2,1H3. The topological polar surface area (TPSA) is 87.9 Å². The molecule has 9 heteroatoms. The third kappa shape index (κ3) is 4.02. The monoisotopic (exact) mass is 446 g/mol. The van der Waals surface area contributed by atoms with E-state index in [1.165, 1.54) is 11.9 Å². The highest BCUT2D eigenvalue weighted by Gasteiger charge is 2.33. The van der Waals surface area contributed by atoms with Crippen LogP contribution in [-0.4, -0.2) is 54.7 Å². The molecule has 1 fully saturated rings. The summed E-state index contributed by atoms with van der Waals surface area (Å²) < 4.78 is 5.24. The molecule has 2 aliphatic rings. The van der Waals surface area contributed by atoms with E-state index in [-0.39, 0.29) is 10.6 Å². The number of ether oxygens (including phenoxy) is 1. The van der Waals surface area contributed by atoms with Crippen LogP contribution in [0.3, 0.4) is 0 Å². The maximum absolute atomic E-state index is 12.2. The molecule has 0 bridgehead atoms. The summed E-state index contributed by atoms with van der Waals surface area (Å²) in [4.78, 5) is 26.9. The van der Waals surface area contributed by atoms with Crippen LogP contribution in [-0.2, 0) is 6.42 Å². The van der Waals surface area contributed by atoms with E-state index in [1.54, 1.807) is 7.11 Å². The Kier molecular flexibility index (Phi) is 5.68. The lowest BCUT2D eigenvalue weighted by Crippen LogP contribution is -2.47. The van der Waals surface area contributed by atoms with Gasteiger partial charge in [0.2, 0.25) is 11.6 Å². The smallest absolute Gasteiger partial charge is 0.353 e. The Bertz CT molecular complexity index is 1150. The van der Waals surface area contributed by atoms with Gasteiger partial charge in [0, 0.05) is 44.1 Å². The molecule has 1 aromatic heterocycles. The summed E-state index contributed by atoms with van der Waals surface area (Å²) in [5.74, 6) is 1.58. The molecule has 3 heterocycles. The van der Waals surface area contributed by atoms with Gasteiger partial charge in [-0.3, -0.25) is 10.1 Å². The maximum atomic E-state index is 12.2. The molecule has 0 atom stereocenters. The van der Waals surface area contributed by atoms with E-state index >= 15 is 0 Å². The van der Waals surface area contributed by atoms with Crippen LogP contribution in [0.5, 0.6) is 5.75 Å². The Hall–Kier alpha value is -3.88. The van der Waals surface area contributed by atoms with Gasteiger partial charge >= 0.3 is 5.69 Å². The number of anilines is 4. The number of fused-ring (bicyclic) bond motifs is 1. The Morgan fingerprint density at radius 2 is 1.61 bits per heavy atom. The van der Waals surface area contributed by atoms with Crippen molar-refractivity contribution in [2.24, 2.45) is 0 Å². The van der Waals surface area contributed by atoms with Gasteiger partial charge in [-0.1, -0.05) is 18.2 Å². The van der Waals surface area contributed by atoms with Gasteiger partial charge in [-0.2, -0.15) is 0 Å². The van der Waals surface area contributed by atoms with E-state index in [9.17, 15) is 10.1 Å². The molecular weight excluding hydrogens is 420 g/mol. The van der Waals surface area contributed by atoms with Gasteiger partial charge < -0.3 is 19.4 Å². The first kappa shape index (κ1) is 21.0. The summed E-state index contributed by atoms with van der Waals surface area (Å²) >= 11 is 0. The van der Waals surface area contributed by atoms with Crippen LogP contribution in [0.2, 0.25) is 0 Å². The van der Waals surface area contributed by atoms with Crippen molar-refractivity contribution in [3.63, 3.8) is 0 Å². The predicted molar refractivity (Wildman–Crippen MR) is 128 cm³/mol. The number of hydrogen-bond acceptors (Lipinski definition) is 8. The largest absolute Gasteiger partial charge is 0.497 e. The number of hydrogen-bond donors (Lipinski definition) is 0. The van der Waals surface area contributed by atoms with Crippen molar-refractivity contribution in [1.29, 1.82) is 0 Å². The number of para-hydroxylation sites is 1. The quantitative estimate of drug-likeness (QED) is 0.432. The molecule has 33 heavy (non-hydrogen) atoms. The number of piperazine rings is 1. The second-order valence-electron chi connectivity index (χ2n) is 8.18. The van der Waals surface area contributed by atoms with Gasteiger partial charge in [-0.25, -0.2) is 9.97 Å². The van der Waals surface area contributed by atoms with Crippen LogP contribution < -0.4 is 19.4 Å². The number of nitro groups is 1. The SMILES string of the molecule is COc1ccc(N2CCN(c3ncnc(N4CCCc5ccccc54)c3[N+](=O)[O-])CC2)cc1. The van der Waals surface area contributed by atoms with E-state index in [0.29, 0.717) is 31.3 Å². The average molecular weight is 447 g/mol. The number of rotatable bonds is 5. The van der Waals surface area contributed by atoms with Crippen LogP contribution >= 0.6 is 0 Å². The molecule has 0 amide bonds. The molecule has 0 unspecified atom stereocenters. The van der Waals surface area contributed by atoms with E-state index in [4.69, 9.17) is 4.74 Å². The first-order chi connectivity index (χ1) is 16.2. The zero-order valence-electron chi connectivity index (χ0n) is 18.6. The highest BCUT2D eigenvalue weighted by Crippen LogP contribution is 2.40. The number of nitrogens with zero attached hydrogens (tertiary/aromatic N) is 6. The third-order valence-electron chi connectivity index (χ3n) is 6.35. The van der Waals surface area contributed by atoms with Gasteiger partial charge in [0.25, 0.3) is 0 Å². The number of methoxy groups -OCH3 is 1. The van der Waals surface area contributed by atoms with Crippen LogP contribution in [0, 0.1) is 10.1 Å². The van der Waals surface area contributed by atoms with E-state index in [1.807, 2.05) is 52.3 Å². The molecule has 0 N–H and O–H groups in total. The fourth-order valence-electron chi connectivity index (χ4n) is 4.68. The van der Waals surface area contributed by atoms with Crippen LogP contribution in [0.4, 0.5) is 28.7 Å². The lowest BCUT2D eigenvalue weighted by molar-refractivity contribution is -0.383. The van der Waals surface area contributed by atoms with Crippen molar-refractivity contribution < 1.29 is 9.66 Å². The molecule has 2 aromatic carbocycles. The summed E-state index contributed by atoms with van der Waals surface area (Å²) in [6.45, 7) is 3.46. The molecule has 170 valence electrons. The first-order valence-corrected chi connectivity index (χ1v) is 11.1. The lowest BCUT2D eigenvalue weighted by Gasteiger charge is -2.37. The van der Waals surface area contributed by atoms with Crippen LogP contribution in [0.1, 0.15) is 12.0 Å². The van der Waals surface area contributed by atoms with Crippen molar-refractivity contribution in [3.05, 3.63) is 70.5 Å². The molecule has 0 spiro atoms. The fraction of sp³-hybridized carbons (Fsp3) is 0.333. The first-order valence-electron chi connectivity index (χ1n) is 11.1. The predicted octanol–water partition coefficient (Wildman–Crippen LogP) is 3.80. The van der Waals surface area contributed by atoms with Gasteiger partial charge in [0.15, 0.2) is 0 Å². The van der Waals surface area contributed by atoms with Crippen molar-refractivity contribution in [3.8, 4) is 5.75 Å². The lowest BCUT2D eigenvalue weighted by atomic mass is 10.0. The van der Waals surface area contributed by atoms with Crippen molar-refractivity contribution in [2.75, 3.05) is 54.5 Å². The Morgan fingerprint density at radius 1 is 0.909 bits per heavy atom. The Balaban J connectivity index is 1.41. The van der Waals surface area contributed by atoms with Crippen LogP contribution in [0.15, 0.2) is 54.9 Å². The summed E-state index contributed by atoms with van der Waals surface area (Å²) in [5, 5.41) is 12.2. The zero-order chi connectivity index (χ0) is 22.8. The molecule has 1 saturated heterocycles. The molecular formula is C24H26N6O3. The minimum Gasteiger partial charge on any atom is -0.497 e. The summed E-state index contributed by atoms with van der Waals surface area (Å²) in [5.41, 5.74) is 3.26. The summed E-state index contributed by atoms with van der Waals surface area (Å²) in [7, 11) is 1.65. The summed E-state index contributed by atoms with van der Waals surface area (Å²) in [6.07, 6.45) is 3.34. The van der Waals surface area contributed by atoms with Crippen molar-refractivity contribution in [1.82, 2.24) is 9.97 Å². The van der Waals surface area contributed by atoms with Gasteiger partial charge in [0.05, 0.1) is 12.0 Å². The number of aromatic nitrogens is 2. The van der Waals surface area contributed by atoms with Gasteiger partial charge in [-0.05, 0) is 48.7 Å². The minimum absolute atomic E-state index is 0.0212. The molecule has 0 radical (unpaired) electrons. The molecule has 5 rings (SSSR count). The fourth-order valence-corrected chi connectivity index (χ4v) is 4.68. The second-order valence-corrected chi connectivity index (χ2v) is 8.18. The molecule has 0 saturated carbocycles. The van der Waals surface area contributed by atoms with E-state index < -0.39 is 0 Å². The number of aryl methyl sites for hydroxylation is 1.